The summed E-state index contributed by atoms with van der Waals surface area (Å²) in [6.07, 6.45) is 3.04. The number of aryl methyl sites for hydroxylation is 1. The van der Waals surface area contributed by atoms with Crippen LogP contribution < -0.4 is 26.6 Å². The number of urea groups is 1. The normalized spacial score (nSPS) is 15.9. The van der Waals surface area contributed by atoms with E-state index >= 15 is 0 Å². The highest BCUT2D eigenvalue weighted by molar-refractivity contribution is 6.37. The number of benzene rings is 3. The van der Waals surface area contributed by atoms with Crippen molar-refractivity contribution in [2.75, 3.05) is 17.2 Å². The summed E-state index contributed by atoms with van der Waals surface area (Å²) in [7, 11) is 0. The minimum absolute atomic E-state index is 0.0801. The number of hydrogen-bond donors (Lipinski definition) is 5. The van der Waals surface area contributed by atoms with Gasteiger partial charge in [0, 0.05) is 42.5 Å². The molecule has 3 aromatic rings. The summed E-state index contributed by atoms with van der Waals surface area (Å²) in [4.78, 5) is 58.6. The Kier molecular flexibility index (Phi) is 7.78. The van der Waals surface area contributed by atoms with Crippen LogP contribution in [0.4, 0.5) is 21.9 Å². The molecule has 1 saturated heterocycles. The fourth-order valence-corrected chi connectivity index (χ4v) is 4.65. The van der Waals surface area contributed by atoms with Gasteiger partial charge in [-0.15, -0.1) is 0 Å². The number of fused-ring (bicyclic) bond motifs is 1. The van der Waals surface area contributed by atoms with Crippen molar-refractivity contribution in [1.82, 2.24) is 16.0 Å². The largest absolute Gasteiger partial charge is 0.356 e. The number of nitro groups is 1. The van der Waals surface area contributed by atoms with Crippen LogP contribution in [0.5, 0.6) is 0 Å². The van der Waals surface area contributed by atoms with Crippen molar-refractivity contribution in [3.8, 4) is 0 Å². The number of nitro benzene ring substituents is 1. The van der Waals surface area contributed by atoms with E-state index in [1.54, 1.807) is 24.3 Å². The Labute approximate surface area is 240 Å². The Morgan fingerprint density at radius 1 is 0.929 bits per heavy atom. The van der Waals surface area contributed by atoms with Crippen LogP contribution in [0, 0.1) is 10.1 Å². The van der Waals surface area contributed by atoms with Gasteiger partial charge >= 0.3 is 6.03 Å². The second-order valence-corrected chi connectivity index (χ2v) is 9.69. The van der Waals surface area contributed by atoms with Gasteiger partial charge < -0.3 is 21.3 Å². The maximum atomic E-state index is 13.2. The SMILES string of the molecule is CC(=O)NCCCc1ccc(/C(Nc2ccc(/C=C3/NC(=O)NC3=O)cc2)=C2/C(=O)Nc3ccc([N+](=O)[O-])cc32)cc1. The Morgan fingerprint density at radius 2 is 1.67 bits per heavy atom. The van der Waals surface area contributed by atoms with Crippen LogP contribution >= 0.6 is 0 Å². The maximum Gasteiger partial charge on any atom is 0.326 e. The van der Waals surface area contributed by atoms with Gasteiger partial charge in [-0.25, -0.2) is 4.79 Å². The molecule has 0 spiro atoms. The first-order chi connectivity index (χ1) is 20.2. The third kappa shape index (κ3) is 6.17. The molecule has 0 radical (unpaired) electrons. The van der Waals surface area contributed by atoms with E-state index in [2.05, 4.69) is 26.6 Å². The molecule has 5 N–H and O–H groups in total. The highest BCUT2D eigenvalue weighted by Crippen LogP contribution is 2.39. The number of nitrogens with zero attached hydrogens (tertiary/aromatic N) is 1. The Balaban J connectivity index is 1.49. The lowest BCUT2D eigenvalue weighted by Gasteiger charge is -2.16. The highest BCUT2D eigenvalue weighted by atomic mass is 16.6. The zero-order chi connectivity index (χ0) is 29.8. The number of nitrogens with one attached hydrogen (secondary N) is 5. The molecule has 0 atom stereocenters. The molecule has 0 aromatic heterocycles. The van der Waals surface area contributed by atoms with E-state index in [0.29, 0.717) is 40.3 Å². The van der Waals surface area contributed by atoms with Crippen LogP contribution in [0.15, 0.2) is 72.4 Å². The Hall–Kier alpha value is -5.78. The van der Waals surface area contributed by atoms with Crippen molar-refractivity contribution >= 4 is 58.2 Å². The standard InChI is InChI=1S/C30H26N6O6/c1-17(37)31-14-2-3-18-4-8-20(9-5-18)27(26-23-16-22(36(41)42)12-13-24(23)33-29(26)39)32-21-10-6-19(7-11-21)15-25-28(38)35-30(40)34-25/h4-13,15-16,32H,2-3,14H2,1H3,(H,31,37)(H,33,39)(H2,34,35,38,40)/b25-15+,27-26-. The second kappa shape index (κ2) is 11.8. The molecule has 12 nitrogen and oxygen atoms in total. The molecule has 3 aromatic carbocycles. The Morgan fingerprint density at radius 3 is 2.31 bits per heavy atom. The first kappa shape index (κ1) is 27.8. The number of non-ortho nitro benzene ring substituents is 1. The molecule has 2 heterocycles. The summed E-state index contributed by atoms with van der Waals surface area (Å²) in [6, 6.07) is 18.2. The fraction of sp³-hybridized carbons (Fsp3) is 0.133. The van der Waals surface area contributed by atoms with Crippen LogP contribution in [-0.2, 0) is 20.8 Å². The highest BCUT2D eigenvalue weighted by Gasteiger charge is 2.30. The van der Waals surface area contributed by atoms with Crippen molar-refractivity contribution in [2.45, 2.75) is 19.8 Å². The molecule has 2 aliphatic heterocycles. The lowest BCUT2D eigenvalue weighted by Crippen LogP contribution is -2.22. The monoisotopic (exact) mass is 566 g/mol. The number of imide groups is 1. The fourth-order valence-electron chi connectivity index (χ4n) is 4.65. The molecule has 5 amide bonds. The third-order valence-electron chi connectivity index (χ3n) is 6.68. The average molecular weight is 567 g/mol. The van der Waals surface area contributed by atoms with Crippen LogP contribution in [0.1, 0.15) is 35.6 Å². The number of anilines is 2. The molecule has 12 heteroatoms. The molecular formula is C30H26N6O6. The van der Waals surface area contributed by atoms with Crippen LogP contribution in [0.25, 0.3) is 17.3 Å². The molecule has 0 bridgehead atoms. The van der Waals surface area contributed by atoms with Gasteiger partial charge in [0.2, 0.25) is 5.91 Å². The molecule has 42 heavy (non-hydrogen) atoms. The summed E-state index contributed by atoms with van der Waals surface area (Å²) in [5, 5.41) is 24.9. The van der Waals surface area contributed by atoms with Gasteiger partial charge in [0.05, 0.1) is 16.2 Å². The summed E-state index contributed by atoms with van der Waals surface area (Å²) in [6.45, 7) is 2.04. The molecule has 2 aliphatic rings. The smallest absolute Gasteiger partial charge is 0.326 e. The topological polar surface area (TPSA) is 172 Å². The van der Waals surface area contributed by atoms with Crippen molar-refractivity contribution < 1.29 is 24.1 Å². The molecular weight excluding hydrogens is 540 g/mol. The van der Waals surface area contributed by atoms with Crippen LogP contribution in [-0.4, -0.2) is 35.2 Å². The quantitative estimate of drug-likeness (QED) is 0.0862. The predicted molar refractivity (Wildman–Crippen MR) is 157 cm³/mol. The maximum absolute atomic E-state index is 13.2. The summed E-state index contributed by atoms with van der Waals surface area (Å²) >= 11 is 0. The van der Waals surface area contributed by atoms with Crippen molar-refractivity contribution in [3.05, 3.63) is 105 Å². The van der Waals surface area contributed by atoms with Crippen molar-refractivity contribution in [1.29, 1.82) is 0 Å². The summed E-state index contributed by atoms with van der Waals surface area (Å²) in [5.41, 5.74) is 4.56. The van der Waals surface area contributed by atoms with Gasteiger partial charge in [-0.2, -0.15) is 0 Å². The van der Waals surface area contributed by atoms with Gasteiger partial charge in [-0.05, 0) is 53.8 Å². The van der Waals surface area contributed by atoms with Crippen molar-refractivity contribution in [3.63, 3.8) is 0 Å². The number of carbonyl (C=O) groups is 4. The first-order valence-corrected chi connectivity index (χ1v) is 13.1. The van der Waals surface area contributed by atoms with Gasteiger partial charge in [0.15, 0.2) is 0 Å². The number of amides is 5. The molecule has 212 valence electrons. The Bertz CT molecular complexity index is 1680. The molecule has 5 rings (SSSR count). The van der Waals surface area contributed by atoms with E-state index < -0.39 is 22.8 Å². The third-order valence-corrected chi connectivity index (χ3v) is 6.68. The molecule has 0 aliphatic carbocycles. The second-order valence-electron chi connectivity index (χ2n) is 9.69. The number of rotatable bonds is 9. The zero-order valence-corrected chi connectivity index (χ0v) is 22.4. The van der Waals surface area contributed by atoms with E-state index in [4.69, 9.17) is 0 Å². The van der Waals surface area contributed by atoms with Crippen LogP contribution in [0.3, 0.4) is 0 Å². The molecule has 0 unspecified atom stereocenters. The van der Waals surface area contributed by atoms with Crippen LogP contribution in [0.2, 0.25) is 0 Å². The number of hydrogen-bond acceptors (Lipinski definition) is 7. The summed E-state index contributed by atoms with van der Waals surface area (Å²) < 4.78 is 0. The van der Waals surface area contributed by atoms with E-state index in [1.807, 2.05) is 24.3 Å². The van der Waals surface area contributed by atoms with Gasteiger partial charge in [0.1, 0.15) is 5.70 Å². The minimum atomic E-state index is -0.588. The molecule has 1 fully saturated rings. The van der Waals surface area contributed by atoms with Gasteiger partial charge in [-0.3, -0.25) is 29.8 Å². The van der Waals surface area contributed by atoms with Crippen molar-refractivity contribution in [2.24, 2.45) is 0 Å². The van der Waals surface area contributed by atoms with Gasteiger partial charge in [0.25, 0.3) is 17.5 Å². The lowest BCUT2D eigenvalue weighted by atomic mass is 9.98. The minimum Gasteiger partial charge on any atom is -0.356 e. The predicted octanol–water partition coefficient (Wildman–Crippen LogP) is 3.78. The lowest BCUT2D eigenvalue weighted by molar-refractivity contribution is -0.384. The summed E-state index contributed by atoms with van der Waals surface area (Å²) in [5.74, 6) is -1.01. The average Bonchev–Trinajstić information content (AvgIpc) is 3.46. The van der Waals surface area contributed by atoms with Gasteiger partial charge in [-0.1, -0.05) is 36.4 Å². The first-order valence-electron chi connectivity index (χ1n) is 13.1. The van der Waals surface area contributed by atoms with E-state index in [9.17, 15) is 29.3 Å². The molecule has 0 saturated carbocycles. The zero-order valence-electron chi connectivity index (χ0n) is 22.4. The van der Waals surface area contributed by atoms with E-state index in [1.165, 1.54) is 31.2 Å². The van der Waals surface area contributed by atoms with E-state index in [-0.39, 0.29) is 22.9 Å². The van der Waals surface area contributed by atoms with E-state index in [0.717, 1.165) is 18.4 Å². The number of carbonyl (C=O) groups excluding carboxylic acids is 4.